The van der Waals surface area contributed by atoms with Gasteiger partial charge in [0, 0.05) is 12.2 Å². The van der Waals surface area contributed by atoms with E-state index < -0.39 is 0 Å². The molecule has 0 heterocycles. The van der Waals surface area contributed by atoms with Crippen molar-refractivity contribution in [3.63, 3.8) is 0 Å². The molecule has 0 saturated heterocycles. The molecule has 22 heavy (non-hydrogen) atoms. The van der Waals surface area contributed by atoms with Gasteiger partial charge in [-0.05, 0) is 42.2 Å². The zero-order valence-corrected chi connectivity index (χ0v) is 12.8. The molecule has 1 amide bonds. The van der Waals surface area contributed by atoms with Crippen molar-refractivity contribution in [2.24, 2.45) is 0 Å². The van der Waals surface area contributed by atoms with Gasteiger partial charge < -0.3 is 15.8 Å². The molecule has 3 N–H and O–H groups in total. The molecule has 4 heteroatoms. The number of carbonyl (C=O) groups is 1. The topological polar surface area (TPSA) is 64.3 Å². The van der Waals surface area contributed by atoms with Gasteiger partial charge in [0.2, 0.25) is 0 Å². The van der Waals surface area contributed by atoms with Crippen LogP contribution in [0, 0.1) is 0 Å². The quantitative estimate of drug-likeness (QED) is 0.772. The van der Waals surface area contributed by atoms with Crippen LogP contribution in [0.3, 0.4) is 0 Å². The van der Waals surface area contributed by atoms with E-state index in [2.05, 4.69) is 12.2 Å². The van der Waals surface area contributed by atoms with Crippen molar-refractivity contribution in [1.29, 1.82) is 0 Å². The Kier molecular flexibility index (Phi) is 5.83. The third kappa shape index (κ3) is 4.81. The third-order valence-electron chi connectivity index (χ3n) is 3.43. The largest absolute Gasteiger partial charge is 0.483 e. The summed E-state index contributed by atoms with van der Waals surface area (Å²) in [6.45, 7) is 2.69. The van der Waals surface area contributed by atoms with Gasteiger partial charge in [0.1, 0.15) is 5.75 Å². The van der Waals surface area contributed by atoms with Crippen LogP contribution in [0.15, 0.2) is 48.5 Å². The number of hydrogen-bond acceptors (Lipinski definition) is 3. The monoisotopic (exact) mass is 298 g/mol. The Hall–Kier alpha value is -2.49. The van der Waals surface area contributed by atoms with Crippen molar-refractivity contribution in [2.45, 2.75) is 19.8 Å². The Balaban J connectivity index is 1.73. The number of rotatable bonds is 7. The van der Waals surface area contributed by atoms with Gasteiger partial charge in [0.25, 0.3) is 5.91 Å². The lowest BCUT2D eigenvalue weighted by Crippen LogP contribution is -2.30. The lowest BCUT2D eigenvalue weighted by Gasteiger charge is -2.10. The number of anilines is 1. The maximum absolute atomic E-state index is 11.8. The summed E-state index contributed by atoms with van der Waals surface area (Å²) >= 11 is 0. The average Bonchev–Trinajstić information content (AvgIpc) is 2.55. The summed E-state index contributed by atoms with van der Waals surface area (Å²) in [7, 11) is 0. The van der Waals surface area contributed by atoms with Crippen LogP contribution in [0.25, 0.3) is 0 Å². The van der Waals surface area contributed by atoms with Crippen molar-refractivity contribution >= 4 is 11.6 Å². The summed E-state index contributed by atoms with van der Waals surface area (Å²) in [5.74, 6) is 0.667. The molecule has 116 valence electrons. The number of amides is 1. The first-order chi connectivity index (χ1) is 10.7. The second-order valence-corrected chi connectivity index (χ2v) is 5.09. The number of nitrogens with one attached hydrogen (secondary N) is 1. The van der Waals surface area contributed by atoms with E-state index >= 15 is 0 Å². The van der Waals surface area contributed by atoms with Gasteiger partial charge in [0.15, 0.2) is 6.61 Å². The second-order valence-electron chi connectivity index (χ2n) is 5.09. The van der Waals surface area contributed by atoms with Crippen LogP contribution in [0.1, 0.15) is 18.1 Å². The molecule has 0 aliphatic heterocycles. The molecule has 0 spiro atoms. The third-order valence-corrected chi connectivity index (χ3v) is 3.43. The molecular formula is C18H22N2O2. The second kappa shape index (κ2) is 8.08. The summed E-state index contributed by atoms with van der Waals surface area (Å²) in [4.78, 5) is 11.8. The van der Waals surface area contributed by atoms with E-state index in [1.165, 1.54) is 0 Å². The van der Waals surface area contributed by atoms with E-state index in [0.717, 1.165) is 35.4 Å². The molecule has 0 atom stereocenters. The fourth-order valence-corrected chi connectivity index (χ4v) is 2.16. The van der Waals surface area contributed by atoms with Crippen molar-refractivity contribution in [3.8, 4) is 5.75 Å². The highest BCUT2D eigenvalue weighted by molar-refractivity contribution is 5.77. The van der Waals surface area contributed by atoms with Crippen molar-refractivity contribution in [3.05, 3.63) is 59.7 Å². The van der Waals surface area contributed by atoms with E-state index in [4.69, 9.17) is 10.5 Å². The molecule has 0 aliphatic rings. The number of benzene rings is 2. The van der Waals surface area contributed by atoms with Gasteiger partial charge in [-0.2, -0.15) is 0 Å². The highest BCUT2D eigenvalue weighted by Gasteiger charge is 2.05. The first-order valence-electron chi connectivity index (χ1n) is 7.51. The highest BCUT2D eigenvalue weighted by atomic mass is 16.5. The summed E-state index contributed by atoms with van der Waals surface area (Å²) in [5.41, 5.74) is 8.64. The highest BCUT2D eigenvalue weighted by Crippen LogP contribution is 2.17. The standard InChI is InChI=1S/C18H22N2O2/c1-2-15-5-3-4-6-17(15)22-13-18(21)20-12-11-14-7-9-16(19)10-8-14/h3-10H,2,11-13,19H2,1H3,(H,20,21). The smallest absolute Gasteiger partial charge is 0.257 e. The maximum atomic E-state index is 11.8. The average molecular weight is 298 g/mol. The number of nitrogens with two attached hydrogens (primary N) is 1. The van der Waals surface area contributed by atoms with Crippen LogP contribution in [0.5, 0.6) is 5.75 Å². The van der Waals surface area contributed by atoms with Crippen LogP contribution in [-0.2, 0) is 17.6 Å². The molecular weight excluding hydrogens is 276 g/mol. The molecule has 0 unspecified atom stereocenters. The van der Waals surface area contributed by atoms with E-state index in [-0.39, 0.29) is 12.5 Å². The molecule has 4 nitrogen and oxygen atoms in total. The fourth-order valence-electron chi connectivity index (χ4n) is 2.16. The predicted octanol–water partition coefficient (Wildman–Crippen LogP) is 2.57. The van der Waals surface area contributed by atoms with Gasteiger partial charge >= 0.3 is 0 Å². The fraction of sp³-hybridized carbons (Fsp3) is 0.278. The normalized spacial score (nSPS) is 10.2. The van der Waals surface area contributed by atoms with Crippen LogP contribution in [-0.4, -0.2) is 19.1 Å². The number of nitrogen functional groups attached to an aromatic ring is 1. The number of aryl methyl sites for hydroxylation is 1. The SMILES string of the molecule is CCc1ccccc1OCC(=O)NCCc1ccc(N)cc1. The zero-order valence-electron chi connectivity index (χ0n) is 12.8. The van der Waals surface area contributed by atoms with Crippen LogP contribution >= 0.6 is 0 Å². The lowest BCUT2D eigenvalue weighted by atomic mass is 10.1. The van der Waals surface area contributed by atoms with Crippen molar-refractivity contribution < 1.29 is 9.53 Å². The molecule has 0 fully saturated rings. The maximum Gasteiger partial charge on any atom is 0.257 e. The van der Waals surface area contributed by atoms with Crippen LogP contribution < -0.4 is 15.8 Å². The van der Waals surface area contributed by atoms with Crippen molar-refractivity contribution in [1.82, 2.24) is 5.32 Å². The number of hydrogen-bond donors (Lipinski definition) is 2. The van der Waals surface area contributed by atoms with E-state index in [1.807, 2.05) is 48.5 Å². The summed E-state index contributed by atoms with van der Waals surface area (Å²) in [5, 5.41) is 2.86. The molecule has 2 aromatic rings. The number of carbonyl (C=O) groups excluding carboxylic acids is 1. The van der Waals surface area contributed by atoms with E-state index in [0.29, 0.717) is 6.54 Å². The lowest BCUT2D eigenvalue weighted by molar-refractivity contribution is -0.123. The summed E-state index contributed by atoms with van der Waals surface area (Å²) < 4.78 is 5.58. The van der Waals surface area contributed by atoms with Gasteiger partial charge in [-0.15, -0.1) is 0 Å². The van der Waals surface area contributed by atoms with E-state index in [1.54, 1.807) is 0 Å². The predicted molar refractivity (Wildman–Crippen MR) is 88.9 cm³/mol. The zero-order chi connectivity index (χ0) is 15.8. The minimum Gasteiger partial charge on any atom is -0.483 e. The first kappa shape index (κ1) is 15.9. The number of ether oxygens (including phenoxy) is 1. The van der Waals surface area contributed by atoms with Gasteiger partial charge in [-0.25, -0.2) is 0 Å². The first-order valence-corrected chi connectivity index (χ1v) is 7.51. The Morgan fingerprint density at radius 3 is 2.59 bits per heavy atom. The molecule has 0 aliphatic carbocycles. The van der Waals surface area contributed by atoms with Crippen molar-refractivity contribution in [2.75, 3.05) is 18.9 Å². The minimum absolute atomic E-state index is 0.0404. The Morgan fingerprint density at radius 1 is 1.14 bits per heavy atom. The Bertz CT molecular complexity index is 609. The summed E-state index contributed by atoms with van der Waals surface area (Å²) in [6.07, 6.45) is 1.66. The van der Waals surface area contributed by atoms with Crippen LogP contribution in [0.2, 0.25) is 0 Å². The molecule has 0 aromatic heterocycles. The molecule has 2 aromatic carbocycles. The number of para-hydroxylation sites is 1. The van der Waals surface area contributed by atoms with Gasteiger partial charge in [-0.3, -0.25) is 4.79 Å². The molecule has 0 radical (unpaired) electrons. The van der Waals surface area contributed by atoms with Gasteiger partial charge in [0.05, 0.1) is 0 Å². The Labute approximate surface area is 131 Å². The van der Waals surface area contributed by atoms with Gasteiger partial charge in [-0.1, -0.05) is 37.3 Å². The van der Waals surface area contributed by atoms with E-state index in [9.17, 15) is 4.79 Å². The molecule has 0 bridgehead atoms. The molecule has 0 saturated carbocycles. The minimum atomic E-state index is -0.110. The molecule has 2 rings (SSSR count). The Morgan fingerprint density at radius 2 is 1.86 bits per heavy atom. The van der Waals surface area contributed by atoms with Crippen LogP contribution in [0.4, 0.5) is 5.69 Å². The summed E-state index contributed by atoms with van der Waals surface area (Å²) in [6, 6.07) is 15.4.